The van der Waals surface area contributed by atoms with Crippen molar-refractivity contribution in [3.8, 4) is 0 Å². The molecule has 1 heterocycles. The molecule has 0 saturated heterocycles. The lowest BCUT2D eigenvalue weighted by atomic mass is 10.1. The van der Waals surface area contributed by atoms with E-state index in [1.807, 2.05) is 0 Å². The highest BCUT2D eigenvalue weighted by Gasteiger charge is 2.33. The quantitative estimate of drug-likeness (QED) is 0.792. The number of amides is 1. The minimum Gasteiger partial charge on any atom is -0.383 e. The molecule has 0 aliphatic rings. The predicted octanol–water partition coefficient (Wildman–Crippen LogP) is 3.41. The van der Waals surface area contributed by atoms with Crippen LogP contribution in [0.15, 0.2) is 42.6 Å². The molecular formula is C16H16F3N3O2. The average molecular weight is 339 g/mol. The molecule has 128 valence electrons. The van der Waals surface area contributed by atoms with Gasteiger partial charge in [0.2, 0.25) is 0 Å². The van der Waals surface area contributed by atoms with E-state index in [-0.39, 0.29) is 11.3 Å². The zero-order valence-corrected chi connectivity index (χ0v) is 12.9. The maximum atomic E-state index is 12.9. The molecule has 1 amide bonds. The molecular weight excluding hydrogens is 323 g/mol. The van der Waals surface area contributed by atoms with E-state index < -0.39 is 17.6 Å². The molecule has 24 heavy (non-hydrogen) atoms. The Morgan fingerprint density at radius 3 is 2.58 bits per heavy atom. The molecule has 2 aromatic rings. The van der Waals surface area contributed by atoms with Crippen molar-refractivity contribution in [3.63, 3.8) is 0 Å². The predicted molar refractivity (Wildman–Crippen MR) is 84.0 cm³/mol. The molecule has 0 unspecified atom stereocenters. The molecule has 0 fully saturated rings. The lowest BCUT2D eigenvalue weighted by Gasteiger charge is -2.13. The summed E-state index contributed by atoms with van der Waals surface area (Å²) in [5.74, 6) is -0.123. The maximum absolute atomic E-state index is 12.9. The Morgan fingerprint density at radius 2 is 1.96 bits per heavy atom. The van der Waals surface area contributed by atoms with Gasteiger partial charge in [-0.15, -0.1) is 0 Å². The molecule has 0 aliphatic carbocycles. The number of hydrogen-bond donors (Lipinski definition) is 2. The van der Waals surface area contributed by atoms with Gasteiger partial charge in [-0.1, -0.05) is 12.1 Å². The number of anilines is 2. The number of hydrogen-bond acceptors (Lipinski definition) is 4. The van der Waals surface area contributed by atoms with Crippen molar-refractivity contribution in [1.82, 2.24) is 4.98 Å². The molecule has 0 radical (unpaired) electrons. The first-order chi connectivity index (χ1) is 11.4. The Hall–Kier alpha value is -2.61. The third-order valence-corrected chi connectivity index (χ3v) is 3.12. The van der Waals surface area contributed by atoms with Crippen LogP contribution in [0.25, 0.3) is 0 Å². The smallest absolute Gasteiger partial charge is 0.383 e. The van der Waals surface area contributed by atoms with Crippen LogP contribution in [0.3, 0.4) is 0 Å². The van der Waals surface area contributed by atoms with Gasteiger partial charge in [0.05, 0.1) is 23.4 Å². The van der Waals surface area contributed by atoms with Crippen molar-refractivity contribution in [3.05, 3.63) is 53.7 Å². The lowest BCUT2D eigenvalue weighted by Crippen LogP contribution is -2.17. The minimum atomic E-state index is -4.54. The number of para-hydroxylation sites is 1. The number of benzene rings is 1. The first-order valence-corrected chi connectivity index (χ1v) is 7.08. The van der Waals surface area contributed by atoms with Gasteiger partial charge in [0.25, 0.3) is 5.91 Å². The highest BCUT2D eigenvalue weighted by molar-refractivity contribution is 6.04. The first-order valence-electron chi connectivity index (χ1n) is 7.08. The summed E-state index contributed by atoms with van der Waals surface area (Å²) in [5.41, 5.74) is -1.04. The molecule has 0 spiro atoms. The van der Waals surface area contributed by atoms with Crippen LogP contribution in [0.5, 0.6) is 0 Å². The monoisotopic (exact) mass is 339 g/mol. The number of alkyl halides is 3. The molecule has 0 bridgehead atoms. The summed E-state index contributed by atoms with van der Waals surface area (Å²) < 4.78 is 43.6. The van der Waals surface area contributed by atoms with Crippen LogP contribution in [0.2, 0.25) is 0 Å². The molecule has 0 saturated carbocycles. The van der Waals surface area contributed by atoms with Gasteiger partial charge in [-0.2, -0.15) is 13.2 Å². The van der Waals surface area contributed by atoms with Crippen LogP contribution in [-0.4, -0.2) is 31.2 Å². The Labute approximate surface area is 136 Å². The Balaban J connectivity index is 2.08. The first kappa shape index (κ1) is 17.7. The van der Waals surface area contributed by atoms with E-state index in [0.717, 1.165) is 6.07 Å². The van der Waals surface area contributed by atoms with Gasteiger partial charge in [0.1, 0.15) is 5.82 Å². The lowest BCUT2D eigenvalue weighted by molar-refractivity contribution is -0.136. The van der Waals surface area contributed by atoms with Crippen molar-refractivity contribution < 1.29 is 22.7 Å². The number of methoxy groups -OCH3 is 1. The zero-order chi connectivity index (χ0) is 17.6. The molecule has 2 rings (SSSR count). The van der Waals surface area contributed by atoms with Gasteiger partial charge in [0.15, 0.2) is 0 Å². The second kappa shape index (κ2) is 7.78. The van der Waals surface area contributed by atoms with Gasteiger partial charge in [0, 0.05) is 19.9 Å². The van der Waals surface area contributed by atoms with Gasteiger partial charge in [-0.25, -0.2) is 4.98 Å². The minimum absolute atomic E-state index is 0.157. The van der Waals surface area contributed by atoms with Crippen LogP contribution < -0.4 is 10.6 Å². The summed E-state index contributed by atoms with van der Waals surface area (Å²) in [5, 5.41) is 5.24. The number of rotatable bonds is 6. The summed E-state index contributed by atoms with van der Waals surface area (Å²) in [6.07, 6.45) is -3.25. The van der Waals surface area contributed by atoms with Crippen LogP contribution in [0.4, 0.5) is 24.7 Å². The second-order valence-electron chi connectivity index (χ2n) is 4.85. The molecule has 1 aromatic heterocycles. The molecule has 2 N–H and O–H groups in total. The topological polar surface area (TPSA) is 63.2 Å². The molecule has 0 aliphatic heterocycles. The SMILES string of the molecule is COCCNc1ccc(C(=O)Nc2ccccc2C(F)(F)F)cn1. The summed E-state index contributed by atoms with van der Waals surface area (Å²) >= 11 is 0. The van der Waals surface area contributed by atoms with Crippen molar-refractivity contribution in [2.75, 3.05) is 30.9 Å². The average Bonchev–Trinajstić information content (AvgIpc) is 2.55. The Kier molecular flexibility index (Phi) is 5.75. The van der Waals surface area contributed by atoms with Crippen molar-refractivity contribution in [2.24, 2.45) is 0 Å². The second-order valence-corrected chi connectivity index (χ2v) is 4.85. The van der Waals surface area contributed by atoms with E-state index in [2.05, 4.69) is 15.6 Å². The number of carbonyl (C=O) groups is 1. The van der Waals surface area contributed by atoms with E-state index in [1.165, 1.54) is 30.5 Å². The van der Waals surface area contributed by atoms with Gasteiger partial charge >= 0.3 is 6.18 Å². The Morgan fingerprint density at radius 1 is 1.21 bits per heavy atom. The van der Waals surface area contributed by atoms with Crippen LogP contribution in [-0.2, 0) is 10.9 Å². The number of halogens is 3. The number of pyridine rings is 1. The summed E-state index contributed by atoms with van der Waals surface area (Å²) in [4.78, 5) is 16.1. The number of nitrogens with zero attached hydrogens (tertiary/aromatic N) is 1. The summed E-state index contributed by atoms with van der Waals surface area (Å²) in [7, 11) is 1.57. The van der Waals surface area contributed by atoms with E-state index >= 15 is 0 Å². The fourth-order valence-corrected chi connectivity index (χ4v) is 1.95. The molecule has 0 atom stereocenters. The van der Waals surface area contributed by atoms with Crippen LogP contribution >= 0.6 is 0 Å². The summed E-state index contributed by atoms with van der Waals surface area (Å²) in [6.45, 7) is 1.05. The van der Waals surface area contributed by atoms with E-state index in [1.54, 1.807) is 13.2 Å². The van der Waals surface area contributed by atoms with E-state index in [0.29, 0.717) is 19.0 Å². The fraction of sp³-hybridized carbons (Fsp3) is 0.250. The van der Waals surface area contributed by atoms with Gasteiger partial charge in [-0.3, -0.25) is 4.79 Å². The van der Waals surface area contributed by atoms with Crippen LogP contribution in [0, 0.1) is 0 Å². The van der Waals surface area contributed by atoms with Crippen molar-refractivity contribution in [2.45, 2.75) is 6.18 Å². The highest BCUT2D eigenvalue weighted by Crippen LogP contribution is 2.34. The highest BCUT2D eigenvalue weighted by atomic mass is 19.4. The molecule has 8 heteroatoms. The van der Waals surface area contributed by atoms with Gasteiger partial charge in [-0.05, 0) is 24.3 Å². The normalized spacial score (nSPS) is 11.2. The van der Waals surface area contributed by atoms with E-state index in [9.17, 15) is 18.0 Å². The van der Waals surface area contributed by atoms with Crippen LogP contribution in [0.1, 0.15) is 15.9 Å². The number of carbonyl (C=O) groups excluding carboxylic acids is 1. The fourth-order valence-electron chi connectivity index (χ4n) is 1.95. The van der Waals surface area contributed by atoms with Gasteiger partial charge < -0.3 is 15.4 Å². The largest absolute Gasteiger partial charge is 0.418 e. The molecule has 1 aromatic carbocycles. The number of aromatic nitrogens is 1. The third kappa shape index (κ3) is 4.69. The van der Waals surface area contributed by atoms with E-state index in [4.69, 9.17) is 4.74 Å². The summed E-state index contributed by atoms with van der Waals surface area (Å²) in [6, 6.07) is 7.85. The third-order valence-electron chi connectivity index (χ3n) is 3.12. The van der Waals surface area contributed by atoms with Crippen molar-refractivity contribution in [1.29, 1.82) is 0 Å². The number of nitrogens with one attached hydrogen (secondary N) is 2. The molecule has 5 nitrogen and oxygen atoms in total. The zero-order valence-electron chi connectivity index (χ0n) is 12.9. The Bertz CT molecular complexity index is 688. The number of ether oxygens (including phenoxy) is 1. The maximum Gasteiger partial charge on any atom is 0.418 e. The standard InChI is InChI=1S/C16H16F3N3O2/c1-24-9-8-20-14-7-6-11(10-21-14)15(23)22-13-5-3-2-4-12(13)16(17,18)19/h2-7,10H,8-9H2,1H3,(H,20,21)(H,22,23). The van der Waals surface area contributed by atoms with Crippen molar-refractivity contribution >= 4 is 17.4 Å².